The molecule has 0 bridgehead atoms. The van der Waals surface area contributed by atoms with Gasteiger partial charge in [-0.3, -0.25) is 4.98 Å². The summed E-state index contributed by atoms with van der Waals surface area (Å²) in [4.78, 5) is 20.0. The van der Waals surface area contributed by atoms with Gasteiger partial charge in [0, 0.05) is 18.9 Å². The molecule has 26 heavy (non-hydrogen) atoms. The third kappa shape index (κ3) is 4.42. The van der Waals surface area contributed by atoms with Crippen LogP contribution >= 0.6 is 11.6 Å². The van der Waals surface area contributed by atoms with Gasteiger partial charge in [0.1, 0.15) is 0 Å². The van der Waals surface area contributed by atoms with E-state index in [2.05, 4.69) is 30.8 Å². The maximum absolute atomic E-state index is 11.7. The Balaban J connectivity index is 1.73. The molecule has 0 radical (unpaired) electrons. The summed E-state index contributed by atoms with van der Waals surface area (Å²) in [7, 11) is 1.32. The summed E-state index contributed by atoms with van der Waals surface area (Å²) in [6, 6.07) is 8.55. The monoisotopic (exact) mass is 370 g/mol. The van der Waals surface area contributed by atoms with Crippen LogP contribution in [0.1, 0.15) is 15.9 Å². The molecule has 0 unspecified atom stereocenters. The van der Waals surface area contributed by atoms with E-state index in [0.717, 1.165) is 5.56 Å². The Labute approximate surface area is 154 Å². The molecule has 0 spiro atoms. The van der Waals surface area contributed by atoms with Gasteiger partial charge in [-0.2, -0.15) is 10.1 Å². The van der Waals surface area contributed by atoms with Crippen molar-refractivity contribution in [2.45, 2.75) is 6.54 Å². The second kappa shape index (κ2) is 8.21. The number of nitrogens with one attached hydrogen (secondary N) is 2. The Kier molecular flexibility index (Phi) is 5.55. The molecule has 3 aromatic rings. The van der Waals surface area contributed by atoms with Crippen LogP contribution in [0, 0.1) is 0 Å². The normalized spacial score (nSPS) is 10.2. The Morgan fingerprint density at radius 3 is 2.81 bits per heavy atom. The maximum atomic E-state index is 11.7. The number of nitrogens with zero attached hydrogens (tertiary/aromatic N) is 4. The van der Waals surface area contributed by atoms with Gasteiger partial charge in [-0.05, 0) is 35.9 Å². The number of pyridine rings is 1. The van der Waals surface area contributed by atoms with Crippen LogP contribution < -0.4 is 10.6 Å². The first-order chi connectivity index (χ1) is 12.7. The number of methoxy groups -OCH3 is 1. The molecule has 8 nitrogen and oxygen atoms in total. The molecule has 0 fully saturated rings. The van der Waals surface area contributed by atoms with Gasteiger partial charge in [0.15, 0.2) is 5.82 Å². The van der Waals surface area contributed by atoms with Gasteiger partial charge in [0.25, 0.3) is 0 Å². The van der Waals surface area contributed by atoms with Gasteiger partial charge in [-0.15, -0.1) is 5.10 Å². The van der Waals surface area contributed by atoms with Crippen LogP contribution in [0.2, 0.25) is 5.02 Å². The molecular weight excluding hydrogens is 356 g/mol. The Hall–Kier alpha value is -3.26. The van der Waals surface area contributed by atoms with Crippen molar-refractivity contribution in [1.29, 1.82) is 0 Å². The summed E-state index contributed by atoms with van der Waals surface area (Å²) in [5.41, 5.74) is 1.92. The van der Waals surface area contributed by atoms with Gasteiger partial charge < -0.3 is 15.4 Å². The van der Waals surface area contributed by atoms with E-state index < -0.39 is 5.97 Å². The second-order valence-electron chi connectivity index (χ2n) is 5.19. The molecule has 9 heteroatoms. The van der Waals surface area contributed by atoms with Crippen LogP contribution in [-0.4, -0.2) is 33.2 Å². The summed E-state index contributed by atoms with van der Waals surface area (Å²) in [5.74, 6) is 0.332. The molecule has 2 aromatic heterocycles. The molecule has 132 valence electrons. The minimum Gasteiger partial charge on any atom is -0.465 e. The second-order valence-corrected chi connectivity index (χ2v) is 5.59. The summed E-state index contributed by atoms with van der Waals surface area (Å²) < 4.78 is 4.71. The first-order valence-electron chi connectivity index (χ1n) is 7.63. The largest absolute Gasteiger partial charge is 0.465 e. The summed E-state index contributed by atoms with van der Waals surface area (Å²) >= 11 is 6.18. The minimum atomic E-state index is -0.453. The molecule has 0 aliphatic rings. The zero-order valence-electron chi connectivity index (χ0n) is 13.8. The Morgan fingerprint density at radius 1 is 1.23 bits per heavy atom. The fraction of sp³-hybridized carbons (Fsp3) is 0.118. The molecule has 1 aromatic carbocycles. The van der Waals surface area contributed by atoms with Gasteiger partial charge in [-0.1, -0.05) is 11.6 Å². The smallest absolute Gasteiger partial charge is 0.337 e. The fourth-order valence-electron chi connectivity index (χ4n) is 2.12. The SMILES string of the molecule is COC(=O)c1ccc(Cl)c(Nc2cnnc(NCc3ccncc3)n2)c1. The lowest BCUT2D eigenvalue weighted by molar-refractivity contribution is 0.0601. The van der Waals surface area contributed by atoms with Crippen LogP contribution in [-0.2, 0) is 11.3 Å². The number of esters is 1. The highest BCUT2D eigenvalue weighted by molar-refractivity contribution is 6.33. The molecule has 0 aliphatic carbocycles. The first kappa shape index (κ1) is 17.6. The minimum absolute atomic E-state index is 0.354. The topological polar surface area (TPSA) is 102 Å². The number of halogens is 1. The zero-order valence-corrected chi connectivity index (χ0v) is 14.6. The van der Waals surface area contributed by atoms with Crippen LogP contribution in [0.25, 0.3) is 0 Å². The lowest BCUT2D eigenvalue weighted by Gasteiger charge is -2.10. The van der Waals surface area contributed by atoms with E-state index >= 15 is 0 Å². The first-order valence-corrected chi connectivity index (χ1v) is 8.01. The van der Waals surface area contributed by atoms with Gasteiger partial charge >= 0.3 is 5.97 Å². The van der Waals surface area contributed by atoms with Gasteiger partial charge in [0.2, 0.25) is 5.95 Å². The van der Waals surface area contributed by atoms with Crippen molar-refractivity contribution in [3.63, 3.8) is 0 Å². The number of anilines is 3. The molecule has 0 atom stereocenters. The molecular formula is C17H15ClN6O2. The molecule has 2 N–H and O–H groups in total. The number of ether oxygens (including phenoxy) is 1. The summed E-state index contributed by atoms with van der Waals surface area (Å²) in [6.07, 6.45) is 4.88. The Bertz CT molecular complexity index is 907. The van der Waals surface area contributed by atoms with Crippen LogP contribution in [0.4, 0.5) is 17.5 Å². The standard InChI is InChI=1S/C17H15ClN6O2/c1-26-16(25)12-2-3-13(18)14(8-12)22-15-10-21-24-17(23-15)20-9-11-4-6-19-7-5-11/h2-8,10H,9H2,1H3,(H2,20,22,23,24). The van der Waals surface area contributed by atoms with Gasteiger partial charge in [0.05, 0.1) is 29.6 Å². The molecule has 0 aliphatic heterocycles. The molecule has 3 rings (SSSR count). The lowest BCUT2D eigenvalue weighted by Crippen LogP contribution is -2.07. The van der Waals surface area contributed by atoms with Crippen molar-refractivity contribution in [3.05, 3.63) is 65.1 Å². The van der Waals surface area contributed by atoms with Crippen molar-refractivity contribution in [3.8, 4) is 0 Å². The van der Waals surface area contributed by atoms with E-state index in [1.165, 1.54) is 13.3 Å². The van der Waals surface area contributed by atoms with Crippen LogP contribution in [0.3, 0.4) is 0 Å². The Morgan fingerprint density at radius 2 is 2.04 bits per heavy atom. The average Bonchev–Trinajstić information content (AvgIpc) is 2.68. The number of aromatic nitrogens is 4. The quantitative estimate of drug-likeness (QED) is 0.638. The highest BCUT2D eigenvalue weighted by Crippen LogP contribution is 2.26. The number of hydrogen-bond acceptors (Lipinski definition) is 8. The van der Waals surface area contributed by atoms with E-state index in [1.54, 1.807) is 30.6 Å². The summed E-state index contributed by atoms with van der Waals surface area (Å²) in [6.45, 7) is 0.534. The number of carbonyl (C=O) groups excluding carboxylic acids is 1. The number of hydrogen-bond donors (Lipinski definition) is 2. The number of benzene rings is 1. The van der Waals surface area contributed by atoms with Crippen molar-refractivity contribution in [2.75, 3.05) is 17.7 Å². The van der Waals surface area contributed by atoms with Crippen molar-refractivity contribution in [2.24, 2.45) is 0 Å². The van der Waals surface area contributed by atoms with Crippen LogP contribution in [0.5, 0.6) is 0 Å². The van der Waals surface area contributed by atoms with Crippen LogP contribution in [0.15, 0.2) is 48.9 Å². The van der Waals surface area contributed by atoms with Crippen molar-refractivity contribution < 1.29 is 9.53 Å². The van der Waals surface area contributed by atoms with E-state index in [4.69, 9.17) is 16.3 Å². The van der Waals surface area contributed by atoms with E-state index in [0.29, 0.717) is 34.6 Å². The maximum Gasteiger partial charge on any atom is 0.337 e. The van der Waals surface area contributed by atoms with E-state index in [-0.39, 0.29) is 0 Å². The highest BCUT2D eigenvalue weighted by atomic mass is 35.5. The molecule has 2 heterocycles. The lowest BCUT2D eigenvalue weighted by atomic mass is 10.2. The highest BCUT2D eigenvalue weighted by Gasteiger charge is 2.10. The van der Waals surface area contributed by atoms with E-state index in [9.17, 15) is 4.79 Å². The predicted molar refractivity (Wildman–Crippen MR) is 97.5 cm³/mol. The third-order valence-electron chi connectivity index (χ3n) is 3.41. The van der Waals surface area contributed by atoms with E-state index in [1.807, 2.05) is 12.1 Å². The third-order valence-corrected chi connectivity index (χ3v) is 3.74. The molecule has 0 saturated carbocycles. The number of carbonyl (C=O) groups is 1. The van der Waals surface area contributed by atoms with Crippen molar-refractivity contribution >= 4 is 35.0 Å². The summed E-state index contributed by atoms with van der Waals surface area (Å²) in [5, 5.41) is 14.4. The van der Waals surface area contributed by atoms with Gasteiger partial charge in [-0.25, -0.2) is 4.79 Å². The fourth-order valence-corrected chi connectivity index (χ4v) is 2.29. The molecule has 0 amide bonds. The molecule has 0 saturated heterocycles. The van der Waals surface area contributed by atoms with Crippen molar-refractivity contribution in [1.82, 2.24) is 20.2 Å². The predicted octanol–water partition coefficient (Wildman–Crippen LogP) is 3.06. The zero-order chi connectivity index (χ0) is 18.4. The average molecular weight is 371 g/mol. The number of rotatable bonds is 6.